The molecule has 0 radical (unpaired) electrons. The topological polar surface area (TPSA) is 60.6 Å². The van der Waals surface area contributed by atoms with E-state index >= 15 is 0 Å². The molecule has 6 rings (SSSR count). The Bertz CT molecular complexity index is 1540. The van der Waals surface area contributed by atoms with Crippen LogP contribution in [0.5, 0.6) is 0 Å². The van der Waals surface area contributed by atoms with Gasteiger partial charge in [-0.3, -0.25) is 0 Å². The van der Waals surface area contributed by atoms with Gasteiger partial charge in [0.25, 0.3) is 0 Å². The number of nitrogens with one attached hydrogen (secondary N) is 2. The summed E-state index contributed by atoms with van der Waals surface area (Å²) in [6.45, 7) is 5.53. The Labute approximate surface area is 191 Å². The van der Waals surface area contributed by atoms with Gasteiger partial charge in [-0.05, 0) is 84.6 Å². The molecule has 8 bridgehead atoms. The Kier molecular flexibility index (Phi) is 4.65. The minimum Gasteiger partial charge on any atom is -0.369 e. The van der Waals surface area contributed by atoms with Crippen molar-refractivity contribution in [2.24, 2.45) is 0 Å². The van der Waals surface area contributed by atoms with E-state index in [9.17, 15) is 0 Å². The van der Waals surface area contributed by atoms with Gasteiger partial charge < -0.3 is 14.9 Å². The van der Waals surface area contributed by atoms with Gasteiger partial charge >= 0.3 is 0 Å². The molecule has 160 valence electrons. The number of nitrogens with zero attached hydrogens (tertiary/aromatic N) is 3. The highest BCUT2D eigenvalue weighted by atomic mass is 15.1. The van der Waals surface area contributed by atoms with Gasteiger partial charge in [-0.1, -0.05) is 12.2 Å². The van der Waals surface area contributed by atoms with Crippen LogP contribution < -0.4 is 0 Å². The molecule has 0 fully saturated rings. The first-order valence-corrected chi connectivity index (χ1v) is 11.0. The zero-order valence-corrected chi connectivity index (χ0v) is 18.1. The minimum absolute atomic E-state index is 0.818. The van der Waals surface area contributed by atoms with E-state index in [1.54, 1.807) is 0 Å². The number of aromatic nitrogens is 4. The molecule has 6 heterocycles. The number of aromatic amines is 2. The van der Waals surface area contributed by atoms with Crippen LogP contribution in [0.15, 0.2) is 73.5 Å². The van der Waals surface area contributed by atoms with Crippen LogP contribution >= 0.6 is 0 Å². The molecule has 5 nitrogen and oxygen atoms in total. The van der Waals surface area contributed by atoms with Crippen LogP contribution in [0.2, 0.25) is 0 Å². The lowest BCUT2D eigenvalue weighted by Gasteiger charge is -2.23. The molecule has 5 heteroatoms. The predicted octanol–water partition coefficient (Wildman–Crippen LogP) is 6.05. The fourth-order valence-corrected chi connectivity index (χ4v) is 4.36. The van der Waals surface area contributed by atoms with Crippen LogP contribution in [0.1, 0.15) is 28.3 Å². The fraction of sp³-hybridized carbons (Fsp3) is 0.0714. The summed E-state index contributed by atoms with van der Waals surface area (Å²) in [5.74, 6) is 0. The van der Waals surface area contributed by atoms with E-state index in [0.29, 0.717) is 0 Å². The quantitative estimate of drug-likeness (QED) is 0.343. The maximum absolute atomic E-state index is 4.79. The molecule has 0 unspecified atom stereocenters. The zero-order chi connectivity index (χ0) is 22.2. The molecule has 3 aromatic heterocycles. The molecule has 0 aliphatic carbocycles. The van der Waals surface area contributed by atoms with Crippen LogP contribution in [0.25, 0.3) is 51.9 Å². The van der Waals surface area contributed by atoms with E-state index in [-0.39, 0.29) is 0 Å². The smallest absolute Gasteiger partial charge is 0.0659 e. The molecule has 0 spiro atoms. The highest BCUT2D eigenvalue weighted by Crippen LogP contribution is 2.27. The van der Waals surface area contributed by atoms with Gasteiger partial charge in [0.15, 0.2) is 0 Å². The first-order chi connectivity index (χ1) is 16.2. The molecule has 0 amide bonds. The second-order valence-electron chi connectivity index (χ2n) is 8.34. The largest absolute Gasteiger partial charge is 0.369 e. The number of hydrogen-bond acceptors (Lipinski definition) is 3. The Balaban J connectivity index is 1.59. The van der Waals surface area contributed by atoms with Crippen LogP contribution in [0.3, 0.4) is 0 Å². The fourth-order valence-electron chi connectivity index (χ4n) is 4.36. The summed E-state index contributed by atoms with van der Waals surface area (Å²) in [4.78, 5) is 18.8. The second kappa shape index (κ2) is 7.95. The molecule has 3 aliphatic heterocycles. The summed E-state index contributed by atoms with van der Waals surface area (Å²) in [7, 11) is 0. The first-order valence-electron chi connectivity index (χ1n) is 11.0. The molecule has 3 aliphatic rings. The summed E-state index contributed by atoms with van der Waals surface area (Å²) in [5.41, 5.74) is 10.2. The number of fused-ring (bicyclic) bond motifs is 8. The lowest BCUT2D eigenvalue weighted by molar-refractivity contribution is 0.465. The van der Waals surface area contributed by atoms with Crippen molar-refractivity contribution in [3.8, 4) is 0 Å². The van der Waals surface area contributed by atoms with Gasteiger partial charge in [0.05, 0.1) is 22.8 Å². The third-order valence-electron chi connectivity index (χ3n) is 5.85. The zero-order valence-electron chi connectivity index (χ0n) is 18.1. The van der Waals surface area contributed by atoms with Gasteiger partial charge in [0, 0.05) is 40.7 Å². The van der Waals surface area contributed by atoms with Crippen LogP contribution in [-0.2, 0) is 0 Å². The predicted molar refractivity (Wildman–Crippen MR) is 138 cm³/mol. The van der Waals surface area contributed by atoms with Crippen molar-refractivity contribution in [3.63, 3.8) is 0 Å². The minimum atomic E-state index is 0.818. The highest BCUT2D eigenvalue weighted by Gasteiger charge is 2.12. The monoisotopic (exact) mass is 429 g/mol. The molecule has 3 aromatic rings. The molecule has 2 N–H and O–H groups in total. The van der Waals surface area contributed by atoms with Crippen molar-refractivity contribution in [1.82, 2.24) is 24.8 Å². The van der Waals surface area contributed by atoms with E-state index in [2.05, 4.69) is 76.2 Å². The summed E-state index contributed by atoms with van der Waals surface area (Å²) < 4.78 is 0. The average molecular weight is 430 g/mol. The Morgan fingerprint density at radius 3 is 2.27 bits per heavy atom. The van der Waals surface area contributed by atoms with Gasteiger partial charge in [0.1, 0.15) is 0 Å². The average Bonchev–Trinajstić information content (AvgIpc) is 3.59. The maximum Gasteiger partial charge on any atom is 0.0659 e. The van der Waals surface area contributed by atoms with Crippen molar-refractivity contribution in [1.29, 1.82) is 0 Å². The van der Waals surface area contributed by atoms with E-state index < -0.39 is 0 Å². The van der Waals surface area contributed by atoms with Gasteiger partial charge in [-0.15, -0.1) is 6.58 Å². The Hall–Kier alpha value is -4.38. The van der Waals surface area contributed by atoms with Crippen LogP contribution in [0, 0.1) is 0 Å². The molecule has 0 atom stereocenters. The van der Waals surface area contributed by atoms with Gasteiger partial charge in [-0.25, -0.2) is 9.97 Å². The summed E-state index contributed by atoms with van der Waals surface area (Å²) in [5, 5.41) is 0. The molecule has 0 saturated carbocycles. The Morgan fingerprint density at radius 1 is 0.818 bits per heavy atom. The van der Waals surface area contributed by atoms with E-state index in [1.807, 2.05) is 36.4 Å². The second-order valence-corrected chi connectivity index (χ2v) is 8.34. The normalized spacial score (nSPS) is 14.5. The van der Waals surface area contributed by atoms with Crippen molar-refractivity contribution >= 4 is 51.9 Å². The number of rotatable bonds is 3. The van der Waals surface area contributed by atoms with Crippen molar-refractivity contribution < 1.29 is 0 Å². The van der Waals surface area contributed by atoms with Crippen molar-refractivity contribution in [2.45, 2.75) is 0 Å². The van der Waals surface area contributed by atoms with Crippen molar-refractivity contribution in [3.05, 3.63) is 102 Å². The molecular formula is C28H23N5. The highest BCUT2D eigenvalue weighted by molar-refractivity contribution is 5.87. The van der Waals surface area contributed by atoms with E-state index in [4.69, 9.17) is 9.97 Å². The van der Waals surface area contributed by atoms with Gasteiger partial charge in [-0.2, -0.15) is 0 Å². The lowest BCUT2D eigenvalue weighted by atomic mass is 10.0. The molecular weight excluding hydrogens is 406 g/mol. The molecule has 0 aromatic carbocycles. The van der Waals surface area contributed by atoms with Crippen LogP contribution in [0.4, 0.5) is 0 Å². The number of hydrogen-bond donors (Lipinski definition) is 2. The third kappa shape index (κ3) is 3.96. The standard InChI is InChI=1S/C28H23N5/c1-2-11-33-12-3-4-19(18-33)27-16-26-15-24-8-7-22(30-24)13-20-5-6-21(29-20)14-23-9-10-25(31-23)17-28(27)32-26/h2-10,12-17,30,32H,1,11,18H2. The molecule has 0 saturated heterocycles. The summed E-state index contributed by atoms with van der Waals surface area (Å²) in [6.07, 6.45) is 16.4. The number of H-pyrrole nitrogens is 2. The SMILES string of the molecule is C=CCN1C=CC=C(c2cc3cc4ccc(cc5nc(cc6nc(cc2[nH]3)C=C6)C=C5)[nH]4)C1. The Morgan fingerprint density at radius 2 is 1.52 bits per heavy atom. The summed E-state index contributed by atoms with van der Waals surface area (Å²) in [6, 6.07) is 14.7. The third-order valence-corrected chi connectivity index (χ3v) is 5.85. The lowest BCUT2D eigenvalue weighted by Crippen LogP contribution is -2.21. The summed E-state index contributed by atoms with van der Waals surface area (Å²) >= 11 is 0. The van der Waals surface area contributed by atoms with E-state index in [1.165, 1.54) is 11.1 Å². The van der Waals surface area contributed by atoms with Gasteiger partial charge in [0.2, 0.25) is 0 Å². The first kappa shape index (κ1) is 19.3. The molecule has 33 heavy (non-hydrogen) atoms. The van der Waals surface area contributed by atoms with E-state index in [0.717, 1.165) is 57.9 Å². The van der Waals surface area contributed by atoms with Crippen LogP contribution in [-0.4, -0.2) is 37.9 Å². The van der Waals surface area contributed by atoms with Crippen molar-refractivity contribution in [2.75, 3.05) is 13.1 Å². The number of allylic oxidation sites excluding steroid dienone is 2. The maximum atomic E-state index is 4.79.